The number of rotatable bonds is 4. The summed E-state index contributed by atoms with van der Waals surface area (Å²) in [6, 6.07) is 7.46. The van der Waals surface area contributed by atoms with Crippen LogP contribution in [-0.4, -0.2) is 21.2 Å². The lowest BCUT2D eigenvalue weighted by molar-refractivity contribution is 0.248. The number of aliphatic hydroxyl groups excluding tert-OH is 1. The van der Waals surface area contributed by atoms with Gasteiger partial charge in [0.15, 0.2) is 0 Å². The summed E-state index contributed by atoms with van der Waals surface area (Å²) in [4.78, 5) is 0.747. The van der Waals surface area contributed by atoms with Crippen LogP contribution in [0.25, 0.3) is 0 Å². The monoisotopic (exact) mass is 210 g/mol. The Morgan fingerprint density at radius 1 is 1.50 bits per heavy atom. The molecule has 0 unspecified atom stereocenters. The fourth-order valence-corrected chi connectivity index (χ4v) is 2.09. The molecule has 1 aromatic rings. The van der Waals surface area contributed by atoms with Gasteiger partial charge >= 0.3 is 0 Å². The van der Waals surface area contributed by atoms with Crippen molar-refractivity contribution < 1.29 is 9.32 Å². The minimum absolute atomic E-state index is 0.215. The van der Waals surface area contributed by atoms with E-state index in [1.807, 2.05) is 31.2 Å². The number of aryl methyl sites for hydroxylation is 1. The molecule has 0 saturated heterocycles. The predicted molar refractivity (Wildman–Crippen MR) is 58.7 cm³/mol. The fraction of sp³-hybridized carbons (Fsp3) is 0.273. The summed E-state index contributed by atoms with van der Waals surface area (Å²) < 4.78 is 11.6. The molecule has 0 radical (unpaired) electrons. The van der Waals surface area contributed by atoms with Crippen LogP contribution in [0.4, 0.5) is 0 Å². The number of hydrogen-bond acceptors (Lipinski definition) is 2. The Labute approximate surface area is 86.7 Å². The van der Waals surface area contributed by atoms with E-state index in [0.717, 1.165) is 10.5 Å². The van der Waals surface area contributed by atoms with Crippen LogP contribution in [0.5, 0.6) is 0 Å². The van der Waals surface area contributed by atoms with Gasteiger partial charge in [0, 0.05) is 4.90 Å². The molecule has 0 aliphatic rings. The molecule has 0 heterocycles. The first-order chi connectivity index (χ1) is 6.63. The maximum absolute atomic E-state index is 11.6. The normalized spacial score (nSPS) is 14.7. The first-order valence-corrected chi connectivity index (χ1v) is 5.71. The molecule has 14 heavy (non-hydrogen) atoms. The quantitative estimate of drug-likeness (QED) is 0.767. The van der Waals surface area contributed by atoms with Gasteiger partial charge in [-0.25, -0.2) is 0 Å². The molecule has 0 fully saturated rings. The third-order valence-corrected chi connectivity index (χ3v) is 3.32. The third-order valence-electron chi connectivity index (χ3n) is 1.88. The van der Waals surface area contributed by atoms with Crippen molar-refractivity contribution in [3.8, 4) is 0 Å². The Hall–Kier alpha value is -0.930. The van der Waals surface area contributed by atoms with Gasteiger partial charge in [0.05, 0.1) is 22.7 Å². The molecule has 3 heteroatoms. The lowest BCUT2D eigenvalue weighted by atomic mass is 10.2. The van der Waals surface area contributed by atoms with Crippen LogP contribution in [0, 0.1) is 6.92 Å². The van der Waals surface area contributed by atoms with Crippen molar-refractivity contribution in [2.24, 2.45) is 0 Å². The molecule has 0 aliphatic heterocycles. The van der Waals surface area contributed by atoms with E-state index in [1.165, 1.54) is 6.08 Å². The molecular formula is C11H14O2S. The summed E-state index contributed by atoms with van der Waals surface area (Å²) in [6.45, 7) is 5.41. The summed E-state index contributed by atoms with van der Waals surface area (Å²) in [5.74, 6) is 0.215. The fourth-order valence-electron chi connectivity index (χ4n) is 1.01. The first kappa shape index (κ1) is 11.1. The largest absolute Gasteiger partial charge is 0.388 e. The zero-order valence-electron chi connectivity index (χ0n) is 8.14. The maximum Gasteiger partial charge on any atom is 0.0837 e. The Kier molecular flexibility index (Phi) is 4.04. The van der Waals surface area contributed by atoms with E-state index in [9.17, 15) is 9.32 Å². The standard InChI is InChI=1S/C11H14O2S/c1-3-10(12)8-14(13)11-6-4-9(2)5-7-11/h3-7,10,12H,1,8H2,2H3/t10-,14-/m1/s1. The highest BCUT2D eigenvalue weighted by atomic mass is 32.2. The van der Waals surface area contributed by atoms with E-state index in [-0.39, 0.29) is 5.75 Å². The molecule has 0 aliphatic carbocycles. The predicted octanol–water partition coefficient (Wildman–Crippen LogP) is 1.65. The van der Waals surface area contributed by atoms with Crippen LogP contribution in [0.2, 0.25) is 0 Å². The van der Waals surface area contributed by atoms with Gasteiger partial charge in [-0.15, -0.1) is 6.58 Å². The molecule has 1 rings (SSSR count). The number of aliphatic hydroxyl groups is 1. The van der Waals surface area contributed by atoms with Gasteiger partial charge in [-0.3, -0.25) is 4.21 Å². The molecule has 0 spiro atoms. The molecule has 2 nitrogen and oxygen atoms in total. The highest BCUT2D eigenvalue weighted by Gasteiger charge is 2.07. The second-order valence-corrected chi connectivity index (χ2v) is 4.62. The van der Waals surface area contributed by atoms with E-state index in [0.29, 0.717) is 0 Å². The SMILES string of the molecule is C=C[C@@H](O)C[S@@](=O)c1ccc(C)cc1. The minimum Gasteiger partial charge on any atom is -0.388 e. The molecule has 0 bridgehead atoms. The van der Waals surface area contributed by atoms with Crippen LogP contribution < -0.4 is 0 Å². The van der Waals surface area contributed by atoms with Crippen LogP contribution in [0.1, 0.15) is 5.56 Å². The van der Waals surface area contributed by atoms with Gasteiger partial charge in [-0.2, -0.15) is 0 Å². The van der Waals surface area contributed by atoms with Gasteiger partial charge in [0.2, 0.25) is 0 Å². The molecule has 0 aromatic heterocycles. The topological polar surface area (TPSA) is 37.3 Å². The average Bonchev–Trinajstić information content (AvgIpc) is 2.18. The van der Waals surface area contributed by atoms with E-state index in [4.69, 9.17) is 0 Å². The van der Waals surface area contributed by atoms with E-state index >= 15 is 0 Å². The Balaban J connectivity index is 2.70. The van der Waals surface area contributed by atoms with E-state index < -0.39 is 16.9 Å². The second-order valence-electron chi connectivity index (χ2n) is 3.13. The van der Waals surface area contributed by atoms with Gasteiger partial charge in [-0.05, 0) is 19.1 Å². The lowest BCUT2D eigenvalue weighted by Gasteiger charge is -2.05. The summed E-state index contributed by atoms with van der Waals surface area (Å²) in [5, 5.41) is 9.23. The highest BCUT2D eigenvalue weighted by molar-refractivity contribution is 7.85. The number of benzene rings is 1. The van der Waals surface area contributed by atoms with Crippen molar-refractivity contribution in [2.45, 2.75) is 17.9 Å². The van der Waals surface area contributed by atoms with Crippen molar-refractivity contribution in [1.82, 2.24) is 0 Å². The Bertz CT molecular complexity index is 330. The summed E-state index contributed by atoms with van der Waals surface area (Å²) in [5.41, 5.74) is 1.13. The van der Waals surface area contributed by atoms with E-state index in [1.54, 1.807) is 0 Å². The molecule has 0 saturated carbocycles. The van der Waals surface area contributed by atoms with Crippen molar-refractivity contribution in [1.29, 1.82) is 0 Å². The van der Waals surface area contributed by atoms with Gasteiger partial charge in [0.1, 0.15) is 0 Å². The van der Waals surface area contributed by atoms with Crippen molar-refractivity contribution >= 4 is 10.8 Å². The molecule has 0 amide bonds. The number of hydrogen-bond donors (Lipinski definition) is 1. The van der Waals surface area contributed by atoms with Crippen LogP contribution in [0.3, 0.4) is 0 Å². The third kappa shape index (κ3) is 3.09. The van der Waals surface area contributed by atoms with Crippen molar-refractivity contribution in [2.75, 3.05) is 5.75 Å². The Morgan fingerprint density at radius 2 is 2.07 bits per heavy atom. The van der Waals surface area contributed by atoms with Gasteiger partial charge < -0.3 is 5.11 Å². The summed E-state index contributed by atoms with van der Waals surface area (Å²) >= 11 is 0. The van der Waals surface area contributed by atoms with Crippen LogP contribution >= 0.6 is 0 Å². The average molecular weight is 210 g/mol. The van der Waals surface area contributed by atoms with Crippen LogP contribution in [-0.2, 0) is 10.8 Å². The zero-order chi connectivity index (χ0) is 10.6. The highest BCUT2D eigenvalue weighted by Crippen LogP contribution is 2.09. The van der Waals surface area contributed by atoms with Gasteiger partial charge in [-0.1, -0.05) is 23.8 Å². The van der Waals surface area contributed by atoms with E-state index in [2.05, 4.69) is 6.58 Å². The molecular weight excluding hydrogens is 196 g/mol. The van der Waals surface area contributed by atoms with Crippen LogP contribution in [0.15, 0.2) is 41.8 Å². The Morgan fingerprint density at radius 3 is 2.57 bits per heavy atom. The summed E-state index contributed by atoms with van der Waals surface area (Å²) in [6.07, 6.45) is 0.698. The first-order valence-electron chi connectivity index (χ1n) is 4.39. The van der Waals surface area contributed by atoms with Gasteiger partial charge in [0.25, 0.3) is 0 Å². The maximum atomic E-state index is 11.6. The smallest absolute Gasteiger partial charge is 0.0837 e. The molecule has 2 atom stereocenters. The lowest BCUT2D eigenvalue weighted by Crippen LogP contribution is -2.13. The molecule has 76 valence electrons. The summed E-state index contributed by atoms with van der Waals surface area (Å²) in [7, 11) is -1.14. The zero-order valence-corrected chi connectivity index (χ0v) is 8.96. The van der Waals surface area contributed by atoms with Crippen molar-refractivity contribution in [3.63, 3.8) is 0 Å². The molecule has 1 N–H and O–H groups in total. The second kappa shape index (κ2) is 5.08. The molecule has 1 aromatic carbocycles. The minimum atomic E-state index is -1.14. The van der Waals surface area contributed by atoms with Crippen molar-refractivity contribution in [3.05, 3.63) is 42.5 Å².